The van der Waals surface area contributed by atoms with Gasteiger partial charge in [-0.05, 0) is 37.6 Å². The molecule has 1 saturated heterocycles. The van der Waals surface area contributed by atoms with Crippen LogP contribution < -0.4 is 15.4 Å². The van der Waals surface area contributed by atoms with Crippen LogP contribution >= 0.6 is 0 Å². The Morgan fingerprint density at radius 1 is 1.40 bits per heavy atom. The second-order valence-electron chi connectivity index (χ2n) is 4.94. The lowest BCUT2D eigenvalue weighted by atomic mass is 10.2. The van der Waals surface area contributed by atoms with Gasteiger partial charge in [-0.25, -0.2) is 0 Å². The molecule has 6 heteroatoms. The number of hydrogen-bond acceptors (Lipinski definition) is 5. The minimum Gasteiger partial charge on any atom is -0.494 e. The van der Waals surface area contributed by atoms with Gasteiger partial charge in [-0.1, -0.05) is 0 Å². The molecule has 1 atom stereocenters. The summed E-state index contributed by atoms with van der Waals surface area (Å²) in [4.78, 5) is 6.65. The maximum Gasteiger partial charge on any atom is 0.245 e. The predicted molar refractivity (Wildman–Crippen MR) is 77.8 cm³/mol. The Bertz CT molecular complexity index is 565. The highest BCUT2D eigenvalue weighted by Crippen LogP contribution is 2.22. The second kappa shape index (κ2) is 5.50. The Hall–Kier alpha value is -2.08. The first-order valence-corrected chi connectivity index (χ1v) is 6.92. The number of aromatic amines is 1. The van der Waals surface area contributed by atoms with Crippen LogP contribution in [0.15, 0.2) is 24.3 Å². The lowest BCUT2D eigenvalue weighted by molar-refractivity contribution is 0.340. The van der Waals surface area contributed by atoms with E-state index in [0.717, 1.165) is 42.6 Å². The van der Waals surface area contributed by atoms with Gasteiger partial charge in [0.1, 0.15) is 5.75 Å². The summed E-state index contributed by atoms with van der Waals surface area (Å²) in [6.07, 6.45) is 0.993. The largest absolute Gasteiger partial charge is 0.494 e. The van der Waals surface area contributed by atoms with Crippen molar-refractivity contribution in [1.82, 2.24) is 15.2 Å². The van der Waals surface area contributed by atoms with E-state index in [0.29, 0.717) is 6.61 Å². The van der Waals surface area contributed by atoms with Gasteiger partial charge in [0.15, 0.2) is 5.82 Å². The summed E-state index contributed by atoms with van der Waals surface area (Å²) in [5.41, 5.74) is 6.90. The first-order chi connectivity index (χ1) is 9.76. The van der Waals surface area contributed by atoms with Crippen LogP contribution in [0.2, 0.25) is 0 Å². The van der Waals surface area contributed by atoms with Crippen molar-refractivity contribution in [2.75, 3.05) is 24.6 Å². The van der Waals surface area contributed by atoms with Crippen LogP contribution in [0.4, 0.5) is 5.95 Å². The van der Waals surface area contributed by atoms with E-state index in [2.05, 4.69) is 20.1 Å². The number of nitrogens with one attached hydrogen (secondary N) is 1. The summed E-state index contributed by atoms with van der Waals surface area (Å²) in [6.45, 7) is 4.38. The number of nitrogens with zero attached hydrogens (tertiary/aromatic N) is 3. The topological polar surface area (TPSA) is 80.1 Å². The number of H-pyrrole nitrogens is 1. The molecule has 1 fully saturated rings. The number of aromatic nitrogens is 3. The molecule has 106 valence electrons. The SMILES string of the molecule is CCOc1ccc(-c2nc(N3CCC(N)C3)n[nH]2)cc1. The molecule has 3 rings (SSSR count). The van der Waals surface area contributed by atoms with Crippen molar-refractivity contribution in [3.63, 3.8) is 0 Å². The molecule has 0 aliphatic carbocycles. The molecule has 0 amide bonds. The number of hydrogen-bond donors (Lipinski definition) is 2. The van der Waals surface area contributed by atoms with Crippen molar-refractivity contribution >= 4 is 5.95 Å². The molecule has 1 unspecified atom stereocenters. The highest BCUT2D eigenvalue weighted by atomic mass is 16.5. The van der Waals surface area contributed by atoms with Crippen LogP contribution in [0, 0.1) is 0 Å². The van der Waals surface area contributed by atoms with Gasteiger partial charge in [-0.3, -0.25) is 5.10 Å². The monoisotopic (exact) mass is 273 g/mol. The first kappa shape index (κ1) is 12.9. The molecule has 1 aromatic heterocycles. The highest BCUT2D eigenvalue weighted by molar-refractivity contribution is 5.57. The highest BCUT2D eigenvalue weighted by Gasteiger charge is 2.22. The van der Waals surface area contributed by atoms with Crippen LogP contribution in [-0.4, -0.2) is 40.9 Å². The zero-order valence-electron chi connectivity index (χ0n) is 11.5. The summed E-state index contributed by atoms with van der Waals surface area (Å²) in [5.74, 6) is 2.35. The Morgan fingerprint density at radius 2 is 2.20 bits per heavy atom. The Kier molecular flexibility index (Phi) is 3.56. The fourth-order valence-corrected chi connectivity index (χ4v) is 2.37. The molecule has 3 N–H and O–H groups in total. The minimum absolute atomic E-state index is 0.224. The van der Waals surface area contributed by atoms with Crippen molar-refractivity contribution in [2.24, 2.45) is 5.73 Å². The average Bonchev–Trinajstić information content (AvgIpc) is 3.09. The third-order valence-corrected chi connectivity index (χ3v) is 3.42. The van der Waals surface area contributed by atoms with Crippen LogP contribution in [0.1, 0.15) is 13.3 Å². The van der Waals surface area contributed by atoms with Crippen molar-refractivity contribution in [1.29, 1.82) is 0 Å². The van der Waals surface area contributed by atoms with Crippen molar-refractivity contribution < 1.29 is 4.74 Å². The Labute approximate surface area is 118 Å². The summed E-state index contributed by atoms with van der Waals surface area (Å²) in [5, 5.41) is 7.25. The Balaban J connectivity index is 1.76. The third kappa shape index (κ3) is 2.60. The summed E-state index contributed by atoms with van der Waals surface area (Å²) in [7, 11) is 0. The van der Waals surface area contributed by atoms with E-state index in [1.54, 1.807) is 0 Å². The molecular weight excluding hydrogens is 254 g/mol. The zero-order valence-corrected chi connectivity index (χ0v) is 11.5. The first-order valence-electron chi connectivity index (χ1n) is 6.92. The smallest absolute Gasteiger partial charge is 0.245 e. The molecular formula is C14H19N5O. The fraction of sp³-hybridized carbons (Fsp3) is 0.429. The molecule has 1 aliphatic rings. The van der Waals surface area contributed by atoms with Crippen molar-refractivity contribution in [2.45, 2.75) is 19.4 Å². The van der Waals surface area contributed by atoms with E-state index in [-0.39, 0.29) is 6.04 Å². The second-order valence-corrected chi connectivity index (χ2v) is 4.94. The van der Waals surface area contributed by atoms with Gasteiger partial charge in [0.2, 0.25) is 5.95 Å². The van der Waals surface area contributed by atoms with Gasteiger partial charge in [0.25, 0.3) is 0 Å². The van der Waals surface area contributed by atoms with E-state index < -0.39 is 0 Å². The summed E-state index contributed by atoms with van der Waals surface area (Å²) in [6, 6.07) is 8.05. The molecule has 1 aliphatic heterocycles. The fourth-order valence-electron chi connectivity index (χ4n) is 2.37. The Morgan fingerprint density at radius 3 is 2.85 bits per heavy atom. The maximum atomic E-state index is 5.90. The predicted octanol–water partition coefficient (Wildman–Crippen LogP) is 1.41. The molecule has 2 heterocycles. The lowest BCUT2D eigenvalue weighted by Crippen LogP contribution is -2.26. The van der Waals surface area contributed by atoms with Gasteiger partial charge in [-0.2, -0.15) is 4.98 Å². The van der Waals surface area contributed by atoms with Gasteiger partial charge < -0.3 is 15.4 Å². The summed E-state index contributed by atoms with van der Waals surface area (Å²) < 4.78 is 5.43. The number of anilines is 1. The van der Waals surface area contributed by atoms with Crippen molar-refractivity contribution in [3.05, 3.63) is 24.3 Å². The summed E-state index contributed by atoms with van der Waals surface area (Å²) >= 11 is 0. The number of benzene rings is 1. The van der Waals surface area contributed by atoms with Gasteiger partial charge in [-0.15, -0.1) is 5.10 Å². The number of nitrogens with two attached hydrogens (primary N) is 1. The van der Waals surface area contributed by atoms with E-state index >= 15 is 0 Å². The molecule has 0 spiro atoms. The van der Waals surface area contributed by atoms with Gasteiger partial charge in [0, 0.05) is 24.7 Å². The minimum atomic E-state index is 0.224. The third-order valence-electron chi connectivity index (χ3n) is 3.42. The molecule has 6 nitrogen and oxygen atoms in total. The molecule has 0 saturated carbocycles. The normalized spacial score (nSPS) is 18.5. The van der Waals surface area contributed by atoms with Gasteiger partial charge in [0.05, 0.1) is 6.61 Å². The van der Waals surface area contributed by atoms with Crippen LogP contribution in [0.3, 0.4) is 0 Å². The molecule has 2 aromatic rings. The zero-order chi connectivity index (χ0) is 13.9. The molecule has 20 heavy (non-hydrogen) atoms. The lowest BCUT2D eigenvalue weighted by Gasteiger charge is -2.11. The number of ether oxygens (including phenoxy) is 1. The van der Waals surface area contributed by atoms with E-state index in [1.807, 2.05) is 31.2 Å². The van der Waals surface area contributed by atoms with Crippen LogP contribution in [0.25, 0.3) is 11.4 Å². The van der Waals surface area contributed by atoms with E-state index in [1.165, 1.54) is 0 Å². The van der Waals surface area contributed by atoms with Crippen LogP contribution in [0.5, 0.6) is 5.75 Å². The molecule has 1 aromatic carbocycles. The molecule has 0 bridgehead atoms. The van der Waals surface area contributed by atoms with Crippen molar-refractivity contribution in [3.8, 4) is 17.1 Å². The average molecular weight is 273 g/mol. The van der Waals surface area contributed by atoms with Crippen LogP contribution in [-0.2, 0) is 0 Å². The number of rotatable bonds is 4. The van der Waals surface area contributed by atoms with E-state index in [9.17, 15) is 0 Å². The molecule has 0 radical (unpaired) electrons. The van der Waals surface area contributed by atoms with Gasteiger partial charge >= 0.3 is 0 Å². The van der Waals surface area contributed by atoms with E-state index in [4.69, 9.17) is 10.5 Å². The standard InChI is InChI=1S/C14H19N5O/c1-2-20-12-5-3-10(4-6-12)13-16-14(18-17-13)19-8-7-11(15)9-19/h3-6,11H,2,7-9,15H2,1H3,(H,16,17,18). The maximum absolute atomic E-state index is 5.90. The quantitative estimate of drug-likeness (QED) is 0.880.